The summed E-state index contributed by atoms with van der Waals surface area (Å²) >= 11 is 0. The van der Waals surface area contributed by atoms with Gasteiger partial charge in [-0.3, -0.25) is 0 Å². The highest BCUT2D eigenvalue weighted by Crippen LogP contribution is 2.17. The fourth-order valence-corrected chi connectivity index (χ4v) is 1.63. The first-order valence-corrected chi connectivity index (χ1v) is 6.70. The Bertz CT molecular complexity index is 365. The summed E-state index contributed by atoms with van der Waals surface area (Å²) in [6.07, 6.45) is 1.74. The van der Waals surface area contributed by atoms with Gasteiger partial charge in [0.25, 0.3) is 0 Å². The number of aliphatic hydroxyl groups is 3. The molecule has 0 rings (SSSR count). The van der Waals surface area contributed by atoms with Gasteiger partial charge in [-0.05, 0) is 52.0 Å². The number of rotatable bonds is 9. The molecular weight excluding hydrogens is 260 g/mol. The van der Waals surface area contributed by atoms with Gasteiger partial charge in [0.05, 0.1) is 11.7 Å². The lowest BCUT2D eigenvalue weighted by atomic mass is 9.95. The summed E-state index contributed by atoms with van der Waals surface area (Å²) in [5, 5.41) is 37.1. The molecule has 0 aliphatic heterocycles. The Labute approximate surface area is 120 Å². The minimum absolute atomic E-state index is 0.276. The molecule has 0 aliphatic rings. The molecule has 5 heteroatoms. The predicted molar refractivity (Wildman–Crippen MR) is 77.3 cm³/mol. The number of carbonyl (C=O) groups is 1. The molecule has 0 aromatic rings. The zero-order valence-corrected chi connectivity index (χ0v) is 12.5. The minimum atomic E-state index is -1.51. The second kappa shape index (κ2) is 8.19. The van der Waals surface area contributed by atoms with Crippen LogP contribution < -0.4 is 0 Å². The van der Waals surface area contributed by atoms with Crippen molar-refractivity contribution in [2.24, 2.45) is 0 Å². The van der Waals surface area contributed by atoms with E-state index in [1.54, 1.807) is 13.8 Å². The molecule has 0 spiro atoms. The van der Waals surface area contributed by atoms with E-state index < -0.39 is 23.8 Å². The molecule has 116 valence electrons. The topological polar surface area (TPSA) is 98.0 Å². The van der Waals surface area contributed by atoms with E-state index in [9.17, 15) is 20.1 Å². The summed E-state index contributed by atoms with van der Waals surface area (Å²) in [7, 11) is 0. The lowest BCUT2D eigenvalue weighted by Gasteiger charge is -2.24. The molecule has 0 saturated carbocycles. The van der Waals surface area contributed by atoms with Gasteiger partial charge in [-0.25, -0.2) is 4.79 Å². The van der Waals surface area contributed by atoms with E-state index in [4.69, 9.17) is 5.11 Å². The normalized spacial score (nSPS) is 15.8. The minimum Gasteiger partial charge on any atom is -0.479 e. The molecule has 0 bridgehead atoms. The second-order valence-corrected chi connectivity index (χ2v) is 5.70. The van der Waals surface area contributed by atoms with Crippen LogP contribution in [0.15, 0.2) is 23.8 Å². The summed E-state index contributed by atoms with van der Waals surface area (Å²) in [5.41, 5.74) is 0.212. The molecule has 0 radical (unpaired) electrons. The monoisotopic (exact) mass is 286 g/mol. The number of carboxylic acid groups (broad SMARTS) is 1. The van der Waals surface area contributed by atoms with Gasteiger partial charge in [0.1, 0.15) is 0 Å². The van der Waals surface area contributed by atoms with Crippen molar-refractivity contribution in [3.05, 3.63) is 23.8 Å². The van der Waals surface area contributed by atoms with Crippen molar-refractivity contribution in [3.63, 3.8) is 0 Å². The summed E-state index contributed by atoms with van der Waals surface area (Å²) in [6.45, 7) is 8.58. The van der Waals surface area contributed by atoms with Crippen molar-refractivity contribution in [1.29, 1.82) is 0 Å². The Morgan fingerprint density at radius 3 is 2.30 bits per heavy atom. The van der Waals surface area contributed by atoms with Crippen molar-refractivity contribution < 1.29 is 25.2 Å². The van der Waals surface area contributed by atoms with Gasteiger partial charge in [0.15, 0.2) is 6.10 Å². The van der Waals surface area contributed by atoms with Crippen LogP contribution in [0.1, 0.15) is 46.5 Å². The zero-order valence-electron chi connectivity index (χ0n) is 12.5. The number of hydrogen-bond donors (Lipinski definition) is 4. The Kier molecular flexibility index (Phi) is 7.71. The molecule has 0 aromatic heterocycles. The van der Waals surface area contributed by atoms with Crippen molar-refractivity contribution in [1.82, 2.24) is 0 Å². The van der Waals surface area contributed by atoms with Crippen molar-refractivity contribution in [2.45, 2.75) is 64.3 Å². The van der Waals surface area contributed by atoms with Gasteiger partial charge in [-0.1, -0.05) is 18.2 Å². The van der Waals surface area contributed by atoms with Gasteiger partial charge in [0, 0.05) is 0 Å². The Hall–Kier alpha value is -1.17. The number of carboxylic acids is 1. The first-order chi connectivity index (χ1) is 9.05. The molecule has 2 unspecified atom stereocenters. The third kappa shape index (κ3) is 7.43. The molecular formula is C15H26O5. The third-order valence-corrected chi connectivity index (χ3v) is 3.21. The van der Waals surface area contributed by atoms with Crippen LogP contribution in [0.25, 0.3) is 0 Å². The number of hydrogen-bond acceptors (Lipinski definition) is 4. The average molecular weight is 286 g/mol. The largest absolute Gasteiger partial charge is 0.479 e. The number of aliphatic hydroxyl groups excluding tert-OH is 2. The van der Waals surface area contributed by atoms with Crippen LogP contribution in [0, 0.1) is 0 Å². The second-order valence-electron chi connectivity index (χ2n) is 5.70. The highest BCUT2D eigenvalue weighted by atomic mass is 16.4. The van der Waals surface area contributed by atoms with E-state index >= 15 is 0 Å². The molecule has 0 fully saturated rings. The highest BCUT2D eigenvalue weighted by Gasteiger charge is 2.23. The highest BCUT2D eigenvalue weighted by molar-refractivity contribution is 5.75. The van der Waals surface area contributed by atoms with Crippen molar-refractivity contribution >= 4 is 5.97 Å². The fourth-order valence-electron chi connectivity index (χ4n) is 1.63. The molecule has 20 heavy (non-hydrogen) atoms. The van der Waals surface area contributed by atoms with E-state index in [1.807, 2.05) is 13.0 Å². The van der Waals surface area contributed by atoms with Gasteiger partial charge < -0.3 is 20.4 Å². The quantitative estimate of drug-likeness (QED) is 0.483. The average Bonchev–Trinajstić information content (AvgIpc) is 2.33. The maximum Gasteiger partial charge on any atom is 0.336 e. The Morgan fingerprint density at radius 2 is 1.85 bits per heavy atom. The molecule has 5 nitrogen and oxygen atoms in total. The van der Waals surface area contributed by atoms with E-state index in [2.05, 4.69) is 6.58 Å². The maximum absolute atomic E-state index is 10.5. The van der Waals surface area contributed by atoms with E-state index in [0.717, 1.165) is 5.57 Å². The van der Waals surface area contributed by atoms with Crippen LogP contribution in [0.2, 0.25) is 0 Å². The lowest BCUT2D eigenvalue weighted by molar-refractivity contribution is -0.144. The summed E-state index contributed by atoms with van der Waals surface area (Å²) in [5.74, 6) is -1.29. The van der Waals surface area contributed by atoms with Gasteiger partial charge in [0.2, 0.25) is 0 Å². The van der Waals surface area contributed by atoms with E-state index in [1.165, 1.54) is 0 Å². The number of aliphatic carboxylic acids is 1. The molecule has 0 amide bonds. The standard InChI is InChI=1S/C15H26O5/c1-10(8-9-12(16)15(3,4)20)6-5-7-11(2)13(17)14(18)19/h6,12-13,16-17,20H,2,5,7-9H2,1,3-4H3,(H,18,19). The van der Waals surface area contributed by atoms with Crippen LogP contribution in [0.3, 0.4) is 0 Å². The van der Waals surface area contributed by atoms with E-state index in [-0.39, 0.29) is 5.57 Å². The SMILES string of the molecule is C=C(CCC=C(C)CCC(O)C(C)(C)O)C(O)C(=O)O. The van der Waals surface area contributed by atoms with E-state index in [0.29, 0.717) is 25.7 Å². The van der Waals surface area contributed by atoms with Gasteiger partial charge >= 0.3 is 5.97 Å². The van der Waals surface area contributed by atoms with Crippen LogP contribution in [0.5, 0.6) is 0 Å². The van der Waals surface area contributed by atoms with Gasteiger partial charge in [-0.2, -0.15) is 0 Å². The molecule has 2 atom stereocenters. The van der Waals surface area contributed by atoms with Crippen LogP contribution >= 0.6 is 0 Å². The Balaban J connectivity index is 4.10. The summed E-state index contributed by atoms with van der Waals surface area (Å²) < 4.78 is 0. The summed E-state index contributed by atoms with van der Waals surface area (Å²) in [6, 6.07) is 0. The molecule has 0 saturated heterocycles. The molecule has 4 N–H and O–H groups in total. The summed E-state index contributed by atoms with van der Waals surface area (Å²) in [4.78, 5) is 10.5. The molecule has 0 aromatic carbocycles. The number of allylic oxidation sites excluding steroid dienone is 2. The van der Waals surface area contributed by atoms with Gasteiger partial charge in [-0.15, -0.1) is 0 Å². The lowest BCUT2D eigenvalue weighted by Crippen LogP contribution is -2.35. The predicted octanol–water partition coefficient (Wildman–Crippen LogP) is 1.63. The van der Waals surface area contributed by atoms with Crippen LogP contribution in [-0.2, 0) is 4.79 Å². The van der Waals surface area contributed by atoms with Crippen molar-refractivity contribution in [2.75, 3.05) is 0 Å². The Morgan fingerprint density at radius 1 is 1.30 bits per heavy atom. The maximum atomic E-state index is 10.5. The first-order valence-electron chi connectivity index (χ1n) is 6.70. The fraction of sp³-hybridized carbons (Fsp3) is 0.667. The van der Waals surface area contributed by atoms with Crippen LogP contribution in [-0.4, -0.2) is 44.2 Å². The smallest absolute Gasteiger partial charge is 0.336 e. The zero-order chi connectivity index (χ0) is 15.9. The third-order valence-electron chi connectivity index (χ3n) is 3.21. The van der Waals surface area contributed by atoms with Crippen LogP contribution in [0.4, 0.5) is 0 Å². The van der Waals surface area contributed by atoms with Crippen molar-refractivity contribution in [3.8, 4) is 0 Å². The molecule has 0 aliphatic carbocycles. The molecule has 0 heterocycles. The first kappa shape index (κ1) is 18.8.